The third-order valence-electron chi connectivity index (χ3n) is 6.33. The van der Waals surface area contributed by atoms with E-state index in [0.29, 0.717) is 0 Å². The summed E-state index contributed by atoms with van der Waals surface area (Å²) in [6.07, 6.45) is 12.0. The Bertz CT molecular complexity index is 284. The Morgan fingerprint density at radius 2 is 1.41 bits per heavy atom. The Balaban J connectivity index is 1.30. The van der Waals surface area contributed by atoms with Gasteiger partial charge in [-0.05, 0) is 88.4 Å². The van der Waals surface area contributed by atoms with Gasteiger partial charge < -0.3 is 10.2 Å². The van der Waals surface area contributed by atoms with Crippen molar-refractivity contribution in [3.8, 4) is 0 Å². The van der Waals surface area contributed by atoms with Gasteiger partial charge in [0.25, 0.3) is 0 Å². The van der Waals surface area contributed by atoms with Crippen LogP contribution in [0.25, 0.3) is 0 Å². The smallest absolute Gasteiger partial charge is 0.0106 e. The number of hydrogen-bond donors (Lipinski definition) is 1. The van der Waals surface area contributed by atoms with Gasteiger partial charge in [-0.25, -0.2) is 0 Å². The molecule has 2 nitrogen and oxygen atoms in total. The first-order chi connectivity index (χ1) is 8.29. The molecule has 0 unspecified atom stereocenters. The van der Waals surface area contributed by atoms with Gasteiger partial charge in [-0.1, -0.05) is 0 Å². The molecule has 0 aromatic rings. The van der Waals surface area contributed by atoms with Crippen LogP contribution in [0.5, 0.6) is 0 Å². The van der Waals surface area contributed by atoms with Gasteiger partial charge in [0.1, 0.15) is 0 Å². The van der Waals surface area contributed by atoms with E-state index in [1.165, 1.54) is 64.7 Å². The molecule has 0 amide bonds. The molecule has 2 spiro atoms. The fourth-order valence-electron chi connectivity index (χ4n) is 4.60. The summed E-state index contributed by atoms with van der Waals surface area (Å²) in [5.74, 6) is 0. The first kappa shape index (κ1) is 10.8. The van der Waals surface area contributed by atoms with Crippen LogP contribution in [0.1, 0.15) is 51.4 Å². The maximum Gasteiger partial charge on any atom is 0.0106 e. The number of likely N-dealkylation sites (tertiary alicyclic amines) is 1. The normalized spacial score (nSPS) is 36.0. The summed E-state index contributed by atoms with van der Waals surface area (Å²) < 4.78 is 0. The number of nitrogens with one attached hydrogen (secondary N) is 1. The van der Waals surface area contributed by atoms with Crippen LogP contribution in [0.15, 0.2) is 0 Å². The fourth-order valence-corrected chi connectivity index (χ4v) is 4.60. The van der Waals surface area contributed by atoms with Crippen LogP contribution in [-0.2, 0) is 0 Å². The van der Waals surface area contributed by atoms with Crippen LogP contribution >= 0.6 is 0 Å². The Morgan fingerprint density at radius 3 is 2.00 bits per heavy atom. The van der Waals surface area contributed by atoms with E-state index in [0.717, 1.165) is 16.9 Å². The molecule has 2 aliphatic heterocycles. The van der Waals surface area contributed by atoms with Gasteiger partial charge in [-0.2, -0.15) is 0 Å². The van der Waals surface area contributed by atoms with E-state index in [4.69, 9.17) is 0 Å². The first-order valence-corrected chi connectivity index (χ1v) is 7.74. The second kappa shape index (κ2) is 3.71. The van der Waals surface area contributed by atoms with Gasteiger partial charge in [0, 0.05) is 6.04 Å². The van der Waals surface area contributed by atoms with Gasteiger partial charge in [-0.3, -0.25) is 0 Å². The maximum atomic E-state index is 3.51. The molecule has 0 bridgehead atoms. The largest absolute Gasteiger partial charge is 0.317 e. The SMILES string of the molecule is C1CC2(CCN1)CC(N1CCC3(CC1)CC3)C2. The summed E-state index contributed by atoms with van der Waals surface area (Å²) in [4.78, 5) is 2.83. The molecule has 0 radical (unpaired) electrons. The van der Waals surface area contributed by atoms with E-state index < -0.39 is 0 Å². The van der Waals surface area contributed by atoms with E-state index in [-0.39, 0.29) is 0 Å². The Hall–Kier alpha value is -0.0800. The average Bonchev–Trinajstić information content (AvgIpc) is 3.08. The highest BCUT2D eigenvalue weighted by Gasteiger charge is 2.50. The van der Waals surface area contributed by atoms with Gasteiger partial charge >= 0.3 is 0 Å². The average molecular weight is 234 g/mol. The van der Waals surface area contributed by atoms with E-state index in [1.807, 2.05) is 0 Å². The molecule has 0 aromatic heterocycles. The number of nitrogens with zero attached hydrogens (tertiary/aromatic N) is 1. The summed E-state index contributed by atoms with van der Waals surface area (Å²) >= 11 is 0. The van der Waals surface area contributed by atoms with E-state index >= 15 is 0 Å². The molecule has 2 heterocycles. The summed E-state index contributed by atoms with van der Waals surface area (Å²) in [6.45, 7) is 5.38. The van der Waals surface area contributed by atoms with E-state index in [1.54, 1.807) is 12.8 Å². The summed E-state index contributed by atoms with van der Waals surface area (Å²) in [5, 5.41) is 3.51. The van der Waals surface area contributed by atoms with Crippen LogP contribution in [-0.4, -0.2) is 37.1 Å². The lowest BCUT2D eigenvalue weighted by Gasteiger charge is -2.55. The number of hydrogen-bond acceptors (Lipinski definition) is 2. The quantitative estimate of drug-likeness (QED) is 0.749. The second-order valence-electron chi connectivity index (χ2n) is 7.35. The molecule has 17 heavy (non-hydrogen) atoms. The molecule has 0 aromatic carbocycles. The van der Waals surface area contributed by atoms with Crippen LogP contribution < -0.4 is 5.32 Å². The van der Waals surface area contributed by atoms with Crippen molar-refractivity contribution in [1.29, 1.82) is 0 Å². The third kappa shape index (κ3) is 1.84. The minimum atomic E-state index is 0.768. The van der Waals surface area contributed by atoms with Crippen LogP contribution in [0, 0.1) is 10.8 Å². The molecule has 96 valence electrons. The minimum Gasteiger partial charge on any atom is -0.317 e. The van der Waals surface area contributed by atoms with Crippen molar-refractivity contribution in [3.63, 3.8) is 0 Å². The molecule has 4 aliphatic rings. The monoisotopic (exact) mass is 234 g/mol. The lowest BCUT2D eigenvalue weighted by Crippen LogP contribution is -2.56. The van der Waals surface area contributed by atoms with Gasteiger partial charge in [0.2, 0.25) is 0 Å². The fraction of sp³-hybridized carbons (Fsp3) is 1.00. The Labute approximate surface area is 105 Å². The Morgan fingerprint density at radius 1 is 0.765 bits per heavy atom. The predicted molar refractivity (Wildman–Crippen MR) is 70.0 cm³/mol. The van der Waals surface area contributed by atoms with Crippen molar-refractivity contribution >= 4 is 0 Å². The molecule has 2 saturated carbocycles. The van der Waals surface area contributed by atoms with Gasteiger partial charge in [0.05, 0.1) is 0 Å². The van der Waals surface area contributed by atoms with Crippen LogP contribution in [0.2, 0.25) is 0 Å². The highest BCUT2D eigenvalue weighted by atomic mass is 15.2. The summed E-state index contributed by atoms with van der Waals surface area (Å²) in [7, 11) is 0. The Kier molecular flexibility index (Phi) is 2.36. The topological polar surface area (TPSA) is 15.3 Å². The van der Waals surface area contributed by atoms with Crippen LogP contribution in [0.3, 0.4) is 0 Å². The van der Waals surface area contributed by atoms with Crippen molar-refractivity contribution in [2.24, 2.45) is 10.8 Å². The highest BCUT2D eigenvalue weighted by Crippen LogP contribution is 2.56. The predicted octanol–water partition coefficient (Wildman–Crippen LogP) is 2.39. The summed E-state index contributed by atoms with van der Waals surface area (Å²) in [6, 6.07) is 0.962. The molecular formula is C15H26N2. The molecular weight excluding hydrogens is 208 g/mol. The van der Waals surface area contributed by atoms with E-state index in [2.05, 4.69) is 10.2 Å². The number of piperidine rings is 2. The highest BCUT2D eigenvalue weighted by molar-refractivity contribution is 5.04. The van der Waals surface area contributed by atoms with Crippen molar-refractivity contribution in [1.82, 2.24) is 10.2 Å². The summed E-state index contributed by atoms with van der Waals surface area (Å²) in [5.41, 5.74) is 1.62. The number of rotatable bonds is 1. The molecule has 0 atom stereocenters. The lowest BCUT2D eigenvalue weighted by molar-refractivity contribution is -0.0345. The zero-order chi connectivity index (χ0) is 11.3. The third-order valence-corrected chi connectivity index (χ3v) is 6.33. The molecule has 2 aliphatic carbocycles. The van der Waals surface area contributed by atoms with E-state index in [9.17, 15) is 0 Å². The van der Waals surface area contributed by atoms with Crippen molar-refractivity contribution in [2.75, 3.05) is 26.2 Å². The minimum absolute atomic E-state index is 0.768. The van der Waals surface area contributed by atoms with Crippen molar-refractivity contribution in [3.05, 3.63) is 0 Å². The van der Waals surface area contributed by atoms with Gasteiger partial charge in [0.15, 0.2) is 0 Å². The zero-order valence-corrected chi connectivity index (χ0v) is 11.0. The van der Waals surface area contributed by atoms with Gasteiger partial charge in [-0.15, -0.1) is 0 Å². The van der Waals surface area contributed by atoms with Crippen LogP contribution in [0.4, 0.5) is 0 Å². The first-order valence-electron chi connectivity index (χ1n) is 7.74. The second-order valence-corrected chi connectivity index (χ2v) is 7.35. The molecule has 2 saturated heterocycles. The molecule has 4 fully saturated rings. The van der Waals surface area contributed by atoms with Crippen molar-refractivity contribution in [2.45, 2.75) is 57.4 Å². The molecule has 1 N–H and O–H groups in total. The van der Waals surface area contributed by atoms with Crippen molar-refractivity contribution < 1.29 is 0 Å². The lowest BCUT2D eigenvalue weighted by atomic mass is 9.60. The molecule has 2 heteroatoms. The zero-order valence-electron chi connectivity index (χ0n) is 11.0. The molecule has 4 rings (SSSR count). The standard InChI is InChI=1S/C15H26N2/c1-2-14(1)5-9-17(10-6-14)13-11-15(12-13)3-7-16-8-4-15/h13,16H,1-12H2. The maximum absolute atomic E-state index is 3.51.